The SMILES string of the molecule is COC(=O)C(CC(C)C)NC(=O)Cn1nnc2ccccc2c1=O. The number of aromatic nitrogens is 3. The summed E-state index contributed by atoms with van der Waals surface area (Å²) in [5.74, 6) is -0.829. The number of fused-ring (bicyclic) bond motifs is 1. The van der Waals surface area contributed by atoms with Gasteiger partial charge in [0.1, 0.15) is 18.1 Å². The molecule has 8 nitrogen and oxygen atoms in total. The highest BCUT2D eigenvalue weighted by Gasteiger charge is 2.23. The van der Waals surface area contributed by atoms with Crippen molar-refractivity contribution in [2.24, 2.45) is 5.92 Å². The monoisotopic (exact) mass is 332 g/mol. The van der Waals surface area contributed by atoms with Crippen LogP contribution in [0, 0.1) is 5.92 Å². The zero-order chi connectivity index (χ0) is 17.7. The van der Waals surface area contributed by atoms with Gasteiger partial charge in [0.2, 0.25) is 5.91 Å². The Kier molecular flexibility index (Phi) is 5.62. The van der Waals surface area contributed by atoms with Crippen LogP contribution in [0.1, 0.15) is 20.3 Å². The Morgan fingerprint density at radius 2 is 2.00 bits per heavy atom. The maximum Gasteiger partial charge on any atom is 0.328 e. The summed E-state index contributed by atoms with van der Waals surface area (Å²) >= 11 is 0. The summed E-state index contributed by atoms with van der Waals surface area (Å²) in [5.41, 5.74) is 0.0561. The fourth-order valence-electron chi connectivity index (χ4n) is 2.33. The summed E-state index contributed by atoms with van der Waals surface area (Å²) in [4.78, 5) is 36.2. The van der Waals surface area contributed by atoms with E-state index < -0.39 is 23.5 Å². The van der Waals surface area contributed by atoms with Crippen LogP contribution in [0.5, 0.6) is 0 Å². The van der Waals surface area contributed by atoms with Crippen LogP contribution >= 0.6 is 0 Å². The molecular formula is C16H20N4O4. The summed E-state index contributed by atoms with van der Waals surface area (Å²) < 4.78 is 5.67. The molecule has 1 atom stereocenters. The summed E-state index contributed by atoms with van der Waals surface area (Å²) in [5, 5.41) is 10.6. The van der Waals surface area contributed by atoms with Gasteiger partial charge >= 0.3 is 5.97 Å². The average Bonchev–Trinajstić information content (AvgIpc) is 2.56. The molecule has 0 saturated carbocycles. The largest absolute Gasteiger partial charge is 0.467 e. The molecule has 1 amide bonds. The number of ether oxygens (including phenoxy) is 1. The van der Waals surface area contributed by atoms with Crippen LogP contribution in [0.2, 0.25) is 0 Å². The highest BCUT2D eigenvalue weighted by Crippen LogP contribution is 2.06. The van der Waals surface area contributed by atoms with Crippen LogP contribution in [0.15, 0.2) is 29.1 Å². The molecule has 0 saturated heterocycles. The first-order chi connectivity index (χ1) is 11.4. The quantitative estimate of drug-likeness (QED) is 0.773. The zero-order valence-corrected chi connectivity index (χ0v) is 13.9. The normalized spacial score (nSPS) is 12.2. The average molecular weight is 332 g/mol. The Bertz CT molecular complexity index is 800. The summed E-state index contributed by atoms with van der Waals surface area (Å²) in [6.45, 7) is 3.55. The molecule has 0 aliphatic heterocycles. The number of hydrogen-bond acceptors (Lipinski definition) is 6. The fourth-order valence-corrected chi connectivity index (χ4v) is 2.33. The molecule has 1 aromatic heterocycles. The minimum Gasteiger partial charge on any atom is -0.467 e. The van der Waals surface area contributed by atoms with Crippen LogP contribution in [0.3, 0.4) is 0 Å². The van der Waals surface area contributed by atoms with Gasteiger partial charge in [0.15, 0.2) is 0 Å². The number of hydrogen-bond donors (Lipinski definition) is 1. The lowest BCUT2D eigenvalue weighted by Gasteiger charge is -2.18. The van der Waals surface area contributed by atoms with Crippen molar-refractivity contribution in [1.82, 2.24) is 20.3 Å². The van der Waals surface area contributed by atoms with E-state index in [0.29, 0.717) is 17.3 Å². The van der Waals surface area contributed by atoms with Gasteiger partial charge < -0.3 is 10.1 Å². The predicted octanol–water partition coefficient (Wildman–Crippen LogP) is 0.495. The van der Waals surface area contributed by atoms with Crippen molar-refractivity contribution in [2.75, 3.05) is 7.11 Å². The second-order valence-corrected chi connectivity index (χ2v) is 5.84. The number of amides is 1. The number of carbonyl (C=O) groups is 2. The van der Waals surface area contributed by atoms with Crippen LogP contribution in [-0.2, 0) is 20.9 Å². The van der Waals surface area contributed by atoms with Crippen molar-refractivity contribution in [3.8, 4) is 0 Å². The van der Waals surface area contributed by atoms with Gasteiger partial charge in [0, 0.05) is 0 Å². The zero-order valence-electron chi connectivity index (χ0n) is 13.9. The second-order valence-electron chi connectivity index (χ2n) is 5.84. The molecule has 0 fully saturated rings. The molecule has 2 rings (SSSR count). The Balaban J connectivity index is 2.15. The Morgan fingerprint density at radius 3 is 2.67 bits per heavy atom. The first kappa shape index (κ1) is 17.6. The maximum atomic E-state index is 12.3. The van der Waals surface area contributed by atoms with Crippen LogP contribution < -0.4 is 10.9 Å². The Morgan fingerprint density at radius 1 is 1.29 bits per heavy atom. The molecule has 1 N–H and O–H groups in total. The molecule has 1 unspecified atom stereocenters. The topological polar surface area (TPSA) is 103 Å². The number of nitrogens with zero attached hydrogens (tertiary/aromatic N) is 3. The molecule has 24 heavy (non-hydrogen) atoms. The Labute approximate surface area is 138 Å². The van der Waals surface area contributed by atoms with Gasteiger partial charge in [-0.05, 0) is 24.5 Å². The van der Waals surface area contributed by atoms with Crippen LogP contribution in [0.25, 0.3) is 10.9 Å². The van der Waals surface area contributed by atoms with Crippen molar-refractivity contribution in [1.29, 1.82) is 0 Å². The van der Waals surface area contributed by atoms with E-state index in [0.717, 1.165) is 4.68 Å². The molecule has 0 aliphatic rings. The molecule has 1 heterocycles. The van der Waals surface area contributed by atoms with Gasteiger partial charge in [-0.3, -0.25) is 9.59 Å². The van der Waals surface area contributed by atoms with Crippen molar-refractivity contribution in [3.63, 3.8) is 0 Å². The van der Waals surface area contributed by atoms with Crippen molar-refractivity contribution < 1.29 is 14.3 Å². The minimum atomic E-state index is -0.758. The number of nitrogens with one attached hydrogen (secondary N) is 1. The summed E-state index contributed by atoms with van der Waals surface area (Å²) in [7, 11) is 1.27. The predicted molar refractivity (Wildman–Crippen MR) is 87.2 cm³/mol. The highest BCUT2D eigenvalue weighted by molar-refractivity contribution is 5.84. The molecule has 0 bridgehead atoms. The fraction of sp³-hybridized carbons (Fsp3) is 0.438. The summed E-state index contributed by atoms with van der Waals surface area (Å²) in [6.07, 6.45) is 0.441. The van der Waals surface area contributed by atoms with Gasteiger partial charge in [-0.15, -0.1) is 5.10 Å². The lowest BCUT2D eigenvalue weighted by Crippen LogP contribution is -2.45. The number of esters is 1. The number of methoxy groups -OCH3 is 1. The third kappa shape index (κ3) is 4.15. The maximum absolute atomic E-state index is 12.3. The minimum absolute atomic E-state index is 0.192. The first-order valence-corrected chi connectivity index (χ1v) is 7.62. The molecule has 128 valence electrons. The molecule has 0 spiro atoms. The van der Waals surface area contributed by atoms with E-state index in [4.69, 9.17) is 4.74 Å². The number of carbonyl (C=O) groups excluding carboxylic acids is 2. The van der Waals surface area contributed by atoms with E-state index >= 15 is 0 Å². The van der Waals surface area contributed by atoms with Gasteiger partial charge in [0.05, 0.1) is 12.5 Å². The highest BCUT2D eigenvalue weighted by atomic mass is 16.5. The van der Waals surface area contributed by atoms with Crippen molar-refractivity contribution >= 4 is 22.8 Å². The van der Waals surface area contributed by atoms with E-state index in [2.05, 4.69) is 15.6 Å². The van der Waals surface area contributed by atoms with Crippen LogP contribution in [-0.4, -0.2) is 40.0 Å². The van der Waals surface area contributed by atoms with E-state index in [-0.39, 0.29) is 12.5 Å². The third-order valence-electron chi connectivity index (χ3n) is 3.45. The molecule has 1 aromatic carbocycles. The van der Waals surface area contributed by atoms with Gasteiger partial charge in [-0.1, -0.05) is 31.2 Å². The lowest BCUT2D eigenvalue weighted by atomic mass is 10.0. The standard InChI is InChI=1S/C16H20N4O4/c1-10(2)8-13(16(23)24-3)17-14(21)9-20-15(22)11-6-4-5-7-12(11)18-19-20/h4-7,10,13H,8-9H2,1-3H3,(H,17,21). The van der Waals surface area contributed by atoms with E-state index in [9.17, 15) is 14.4 Å². The third-order valence-corrected chi connectivity index (χ3v) is 3.45. The molecule has 0 radical (unpaired) electrons. The molecule has 8 heteroatoms. The lowest BCUT2D eigenvalue weighted by molar-refractivity contribution is -0.145. The van der Waals surface area contributed by atoms with E-state index in [1.165, 1.54) is 7.11 Å². The van der Waals surface area contributed by atoms with Crippen molar-refractivity contribution in [3.05, 3.63) is 34.6 Å². The smallest absolute Gasteiger partial charge is 0.328 e. The first-order valence-electron chi connectivity index (χ1n) is 7.62. The Hall–Kier alpha value is -2.77. The van der Waals surface area contributed by atoms with Gasteiger partial charge in [0.25, 0.3) is 5.56 Å². The molecule has 0 aliphatic carbocycles. The van der Waals surface area contributed by atoms with Gasteiger partial charge in [-0.2, -0.15) is 0 Å². The van der Waals surface area contributed by atoms with E-state index in [1.54, 1.807) is 24.3 Å². The number of rotatable bonds is 6. The number of benzene rings is 1. The van der Waals surface area contributed by atoms with E-state index in [1.807, 2.05) is 13.8 Å². The molecular weight excluding hydrogens is 312 g/mol. The van der Waals surface area contributed by atoms with Gasteiger partial charge in [-0.25, -0.2) is 9.48 Å². The second kappa shape index (κ2) is 7.67. The van der Waals surface area contributed by atoms with Crippen molar-refractivity contribution in [2.45, 2.75) is 32.9 Å². The summed E-state index contributed by atoms with van der Waals surface area (Å²) in [6, 6.07) is 6.00. The van der Waals surface area contributed by atoms with Crippen LogP contribution in [0.4, 0.5) is 0 Å². The molecule has 2 aromatic rings.